The SMILES string of the molecule is c1ccc(NCCOCCOc2ccccc2)cc1. The van der Waals surface area contributed by atoms with E-state index in [1.807, 2.05) is 60.7 Å². The normalized spacial score (nSPS) is 10.1. The molecule has 0 aliphatic rings. The predicted octanol–water partition coefficient (Wildman–Crippen LogP) is 3.19. The molecule has 19 heavy (non-hydrogen) atoms. The summed E-state index contributed by atoms with van der Waals surface area (Å²) in [6.07, 6.45) is 0. The summed E-state index contributed by atoms with van der Waals surface area (Å²) in [6.45, 7) is 2.66. The van der Waals surface area contributed by atoms with Gasteiger partial charge in [-0.2, -0.15) is 0 Å². The van der Waals surface area contributed by atoms with Gasteiger partial charge in [0.25, 0.3) is 0 Å². The van der Waals surface area contributed by atoms with E-state index >= 15 is 0 Å². The molecule has 0 unspecified atom stereocenters. The van der Waals surface area contributed by atoms with Gasteiger partial charge in [0.15, 0.2) is 0 Å². The van der Waals surface area contributed by atoms with Gasteiger partial charge >= 0.3 is 0 Å². The van der Waals surface area contributed by atoms with Gasteiger partial charge in [0.2, 0.25) is 0 Å². The van der Waals surface area contributed by atoms with Crippen LogP contribution in [0, 0.1) is 0 Å². The van der Waals surface area contributed by atoms with E-state index in [-0.39, 0.29) is 0 Å². The summed E-state index contributed by atoms with van der Waals surface area (Å²) in [5, 5.41) is 3.29. The molecule has 2 aromatic carbocycles. The highest BCUT2D eigenvalue weighted by Gasteiger charge is 1.93. The van der Waals surface area contributed by atoms with Gasteiger partial charge in [-0.25, -0.2) is 0 Å². The lowest BCUT2D eigenvalue weighted by molar-refractivity contribution is 0.107. The molecule has 0 aliphatic carbocycles. The van der Waals surface area contributed by atoms with Gasteiger partial charge in [0.05, 0.1) is 13.2 Å². The summed E-state index contributed by atoms with van der Waals surface area (Å²) in [6, 6.07) is 19.9. The van der Waals surface area contributed by atoms with Crippen LogP contribution in [0.4, 0.5) is 5.69 Å². The van der Waals surface area contributed by atoms with Crippen LogP contribution >= 0.6 is 0 Å². The maximum atomic E-state index is 5.53. The molecule has 0 radical (unpaired) electrons. The Hall–Kier alpha value is -2.00. The molecule has 0 aliphatic heterocycles. The standard InChI is InChI=1S/C16H19NO2/c1-3-7-15(8-4-1)17-11-12-18-13-14-19-16-9-5-2-6-10-16/h1-10,17H,11-14H2. The molecular weight excluding hydrogens is 238 g/mol. The Morgan fingerprint density at radius 1 is 0.737 bits per heavy atom. The average Bonchev–Trinajstić information content (AvgIpc) is 2.48. The number of hydrogen-bond acceptors (Lipinski definition) is 3. The second-order valence-electron chi connectivity index (χ2n) is 4.07. The first kappa shape index (κ1) is 13.4. The van der Waals surface area contributed by atoms with Crippen molar-refractivity contribution in [2.24, 2.45) is 0 Å². The van der Waals surface area contributed by atoms with Crippen molar-refractivity contribution in [3.8, 4) is 5.75 Å². The number of para-hydroxylation sites is 2. The minimum atomic E-state index is 0.579. The van der Waals surface area contributed by atoms with Crippen LogP contribution in [-0.2, 0) is 4.74 Å². The zero-order valence-electron chi connectivity index (χ0n) is 10.9. The lowest BCUT2D eigenvalue weighted by Crippen LogP contribution is -2.13. The third kappa shape index (κ3) is 5.44. The first-order valence-electron chi connectivity index (χ1n) is 6.50. The lowest BCUT2D eigenvalue weighted by Gasteiger charge is -2.08. The van der Waals surface area contributed by atoms with Crippen molar-refractivity contribution in [1.29, 1.82) is 0 Å². The third-order valence-corrected chi connectivity index (χ3v) is 2.59. The molecule has 0 fully saturated rings. The van der Waals surface area contributed by atoms with Crippen LogP contribution in [0.1, 0.15) is 0 Å². The summed E-state index contributed by atoms with van der Waals surface area (Å²) in [5.74, 6) is 0.883. The highest BCUT2D eigenvalue weighted by Crippen LogP contribution is 2.07. The molecule has 0 saturated carbocycles. The summed E-state index contributed by atoms with van der Waals surface area (Å²) in [4.78, 5) is 0. The van der Waals surface area contributed by atoms with E-state index in [9.17, 15) is 0 Å². The van der Waals surface area contributed by atoms with Gasteiger partial charge in [0, 0.05) is 12.2 Å². The number of ether oxygens (including phenoxy) is 2. The number of rotatable bonds is 8. The highest BCUT2D eigenvalue weighted by atomic mass is 16.5. The second-order valence-corrected chi connectivity index (χ2v) is 4.07. The first-order valence-corrected chi connectivity index (χ1v) is 6.50. The van der Waals surface area contributed by atoms with E-state index in [4.69, 9.17) is 9.47 Å². The van der Waals surface area contributed by atoms with Crippen LogP contribution in [0.3, 0.4) is 0 Å². The Balaban J connectivity index is 1.49. The summed E-state index contributed by atoms with van der Waals surface area (Å²) < 4.78 is 11.0. The maximum Gasteiger partial charge on any atom is 0.119 e. The molecule has 1 N–H and O–H groups in total. The summed E-state index contributed by atoms with van der Waals surface area (Å²) >= 11 is 0. The van der Waals surface area contributed by atoms with Crippen molar-refractivity contribution in [2.75, 3.05) is 31.7 Å². The van der Waals surface area contributed by atoms with Crippen LogP contribution in [0.5, 0.6) is 5.75 Å². The molecule has 0 aromatic heterocycles. The van der Waals surface area contributed by atoms with Crippen LogP contribution in [0.15, 0.2) is 60.7 Å². The van der Waals surface area contributed by atoms with Crippen molar-refractivity contribution in [1.82, 2.24) is 0 Å². The van der Waals surface area contributed by atoms with Crippen molar-refractivity contribution < 1.29 is 9.47 Å². The smallest absolute Gasteiger partial charge is 0.119 e. The van der Waals surface area contributed by atoms with E-state index in [0.717, 1.165) is 18.0 Å². The molecule has 0 bridgehead atoms. The average molecular weight is 257 g/mol. The third-order valence-electron chi connectivity index (χ3n) is 2.59. The van der Waals surface area contributed by atoms with Crippen molar-refractivity contribution in [2.45, 2.75) is 0 Å². The Kier molecular flexibility index (Phi) is 5.77. The Bertz CT molecular complexity index is 401. The molecule has 3 nitrogen and oxygen atoms in total. The molecule has 0 atom stereocenters. The number of benzene rings is 2. The first-order chi connectivity index (χ1) is 9.45. The minimum absolute atomic E-state index is 0.579. The molecule has 0 saturated heterocycles. The van der Waals surface area contributed by atoms with E-state index in [1.165, 1.54) is 0 Å². The largest absolute Gasteiger partial charge is 0.491 e. The van der Waals surface area contributed by atoms with Gasteiger partial charge < -0.3 is 14.8 Å². The fraction of sp³-hybridized carbons (Fsp3) is 0.250. The summed E-state index contributed by atoms with van der Waals surface area (Å²) in [7, 11) is 0. The van der Waals surface area contributed by atoms with E-state index in [1.54, 1.807) is 0 Å². The lowest BCUT2D eigenvalue weighted by atomic mass is 10.3. The van der Waals surface area contributed by atoms with Gasteiger partial charge in [0.1, 0.15) is 12.4 Å². The van der Waals surface area contributed by atoms with Crippen molar-refractivity contribution in [3.63, 3.8) is 0 Å². The second kappa shape index (κ2) is 8.16. The Morgan fingerprint density at radius 3 is 2.16 bits per heavy atom. The van der Waals surface area contributed by atoms with Crippen LogP contribution in [0.25, 0.3) is 0 Å². The molecule has 0 heterocycles. The number of anilines is 1. The monoisotopic (exact) mass is 257 g/mol. The van der Waals surface area contributed by atoms with Crippen molar-refractivity contribution >= 4 is 5.69 Å². The molecule has 0 spiro atoms. The fourth-order valence-corrected chi connectivity index (χ4v) is 1.66. The van der Waals surface area contributed by atoms with Crippen molar-refractivity contribution in [3.05, 3.63) is 60.7 Å². The fourth-order valence-electron chi connectivity index (χ4n) is 1.66. The molecule has 3 heteroatoms. The van der Waals surface area contributed by atoms with Gasteiger partial charge in [-0.05, 0) is 24.3 Å². The minimum Gasteiger partial charge on any atom is -0.491 e. The van der Waals surface area contributed by atoms with Crippen LogP contribution < -0.4 is 10.1 Å². The van der Waals surface area contributed by atoms with E-state index < -0.39 is 0 Å². The van der Waals surface area contributed by atoms with E-state index in [2.05, 4.69) is 5.32 Å². The van der Waals surface area contributed by atoms with Gasteiger partial charge in [-0.15, -0.1) is 0 Å². The Labute approximate surface area is 114 Å². The predicted molar refractivity (Wildman–Crippen MR) is 77.7 cm³/mol. The topological polar surface area (TPSA) is 30.5 Å². The molecule has 2 rings (SSSR count). The molecule has 2 aromatic rings. The molecular formula is C16H19NO2. The maximum absolute atomic E-state index is 5.53. The van der Waals surface area contributed by atoms with Crippen LogP contribution in [0.2, 0.25) is 0 Å². The molecule has 0 amide bonds. The van der Waals surface area contributed by atoms with Gasteiger partial charge in [-0.3, -0.25) is 0 Å². The molecule has 100 valence electrons. The van der Waals surface area contributed by atoms with Crippen LogP contribution in [-0.4, -0.2) is 26.4 Å². The zero-order chi connectivity index (χ0) is 13.2. The highest BCUT2D eigenvalue weighted by molar-refractivity contribution is 5.42. The quantitative estimate of drug-likeness (QED) is 0.737. The van der Waals surface area contributed by atoms with E-state index in [0.29, 0.717) is 19.8 Å². The Morgan fingerprint density at radius 2 is 1.42 bits per heavy atom. The number of hydrogen-bond donors (Lipinski definition) is 1. The van der Waals surface area contributed by atoms with Gasteiger partial charge in [-0.1, -0.05) is 36.4 Å². The number of nitrogens with one attached hydrogen (secondary N) is 1. The zero-order valence-corrected chi connectivity index (χ0v) is 10.9. The summed E-state index contributed by atoms with van der Waals surface area (Å²) in [5.41, 5.74) is 1.12.